The molecule has 0 aliphatic heterocycles. The van der Waals surface area contributed by atoms with Crippen molar-refractivity contribution in [1.29, 1.82) is 0 Å². The molecule has 0 aliphatic rings. The first-order chi connectivity index (χ1) is 11.0. The molecule has 0 amide bonds. The molecule has 0 aliphatic carbocycles. The average Bonchev–Trinajstić information content (AvgIpc) is 2.52. The predicted octanol–water partition coefficient (Wildman–Crippen LogP) is 3.96. The Bertz CT molecular complexity index is 937. The van der Waals surface area contributed by atoms with E-state index in [1.165, 1.54) is 24.4 Å². The average molecular weight is 395 g/mol. The highest BCUT2D eigenvalue weighted by Crippen LogP contribution is 2.22. The highest BCUT2D eigenvalue weighted by atomic mass is 79.9. The molecule has 0 bridgehead atoms. The van der Waals surface area contributed by atoms with Gasteiger partial charge in [0.05, 0.1) is 5.56 Å². The van der Waals surface area contributed by atoms with Crippen molar-refractivity contribution >= 4 is 44.5 Å². The van der Waals surface area contributed by atoms with E-state index < -0.39 is 11.6 Å². The fourth-order valence-electron chi connectivity index (χ4n) is 2.05. The molecule has 0 unspecified atom stereocenters. The number of esters is 1. The summed E-state index contributed by atoms with van der Waals surface area (Å²) in [4.78, 5) is 27.4. The smallest absolute Gasteiger partial charge is 0.340 e. The van der Waals surface area contributed by atoms with Crippen LogP contribution < -0.4 is 5.63 Å². The fourth-order valence-corrected chi connectivity index (χ4v) is 2.50. The van der Waals surface area contributed by atoms with Gasteiger partial charge in [0.1, 0.15) is 17.3 Å². The summed E-state index contributed by atoms with van der Waals surface area (Å²) in [6.07, 6.45) is 1.33. The van der Waals surface area contributed by atoms with Gasteiger partial charge in [0.25, 0.3) is 0 Å². The summed E-state index contributed by atoms with van der Waals surface area (Å²) in [5.41, 5.74) is 0.768. The Morgan fingerprint density at radius 3 is 2.83 bits per heavy atom. The van der Waals surface area contributed by atoms with E-state index in [0.717, 1.165) is 4.47 Å². The number of benzene rings is 1. The molecule has 0 fully saturated rings. The molecule has 2 heterocycles. The van der Waals surface area contributed by atoms with Crippen molar-refractivity contribution in [2.45, 2.75) is 6.61 Å². The van der Waals surface area contributed by atoms with Crippen LogP contribution in [0.3, 0.4) is 0 Å². The zero-order chi connectivity index (χ0) is 16.4. The van der Waals surface area contributed by atoms with E-state index in [4.69, 9.17) is 20.8 Å². The van der Waals surface area contributed by atoms with Crippen LogP contribution in [-0.2, 0) is 11.3 Å². The quantitative estimate of drug-likeness (QED) is 0.382. The Labute approximate surface area is 144 Å². The lowest BCUT2D eigenvalue weighted by atomic mass is 10.1. The number of carbonyl (C=O) groups excluding carboxylic acids is 1. The van der Waals surface area contributed by atoms with Gasteiger partial charge < -0.3 is 9.15 Å². The number of ether oxygens (including phenoxy) is 1. The Morgan fingerprint density at radius 2 is 2.09 bits per heavy atom. The molecule has 0 saturated carbocycles. The molecule has 0 N–H and O–H groups in total. The van der Waals surface area contributed by atoms with Gasteiger partial charge in [-0.2, -0.15) is 0 Å². The standard InChI is InChI=1S/C16H9BrClNO4/c17-11-2-3-12-10(5-15(20)23-13(12)6-11)8-22-16(21)9-1-4-14(18)19-7-9/h1-7H,8H2. The summed E-state index contributed by atoms with van der Waals surface area (Å²) in [6.45, 7) is -0.0504. The normalized spacial score (nSPS) is 10.7. The van der Waals surface area contributed by atoms with Crippen molar-refractivity contribution in [2.24, 2.45) is 0 Å². The van der Waals surface area contributed by atoms with Gasteiger partial charge in [0.2, 0.25) is 0 Å². The maximum absolute atomic E-state index is 12.0. The minimum absolute atomic E-state index is 0.0504. The number of nitrogens with zero attached hydrogens (tertiary/aromatic N) is 1. The van der Waals surface area contributed by atoms with Crippen molar-refractivity contribution in [2.75, 3.05) is 0 Å². The van der Waals surface area contributed by atoms with E-state index >= 15 is 0 Å². The van der Waals surface area contributed by atoms with Crippen LogP contribution in [0.2, 0.25) is 5.15 Å². The van der Waals surface area contributed by atoms with Gasteiger partial charge in [0, 0.05) is 27.7 Å². The lowest BCUT2D eigenvalue weighted by Gasteiger charge is -2.07. The predicted molar refractivity (Wildman–Crippen MR) is 88.6 cm³/mol. The molecule has 3 rings (SSSR count). The van der Waals surface area contributed by atoms with Gasteiger partial charge in [-0.3, -0.25) is 0 Å². The van der Waals surface area contributed by atoms with Crippen LogP contribution in [0.25, 0.3) is 11.0 Å². The van der Waals surface area contributed by atoms with Crippen LogP contribution in [0.4, 0.5) is 0 Å². The first-order valence-corrected chi connectivity index (χ1v) is 7.71. The molecule has 0 saturated heterocycles. The lowest BCUT2D eigenvalue weighted by molar-refractivity contribution is 0.0473. The highest BCUT2D eigenvalue weighted by molar-refractivity contribution is 9.10. The first-order valence-electron chi connectivity index (χ1n) is 6.54. The number of fused-ring (bicyclic) bond motifs is 1. The number of pyridine rings is 1. The van der Waals surface area contributed by atoms with Crippen molar-refractivity contribution in [1.82, 2.24) is 4.98 Å². The molecule has 2 aromatic heterocycles. The van der Waals surface area contributed by atoms with Crippen molar-refractivity contribution in [3.05, 3.63) is 73.8 Å². The second-order valence-corrected chi connectivity index (χ2v) is 5.98. The number of aromatic nitrogens is 1. The molecule has 3 aromatic rings. The van der Waals surface area contributed by atoms with Crippen LogP contribution in [0.5, 0.6) is 0 Å². The largest absolute Gasteiger partial charge is 0.457 e. The molecule has 1 aromatic carbocycles. The second-order valence-electron chi connectivity index (χ2n) is 4.68. The van der Waals surface area contributed by atoms with Crippen molar-refractivity contribution in [3.8, 4) is 0 Å². The van der Waals surface area contributed by atoms with E-state index in [1.54, 1.807) is 12.1 Å². The zero-order valence-electron chi connectivity index (χ0n) is 11.6. The van der Waals surface area contributed by atoms with Gasteiger partial charge in [-0.25, -0.2) is 14.6 Å². The molecule has 0 spiro atoms. The van der Waals surface area contributed by atoms with E-state index in [1.807, 2.05) is 6.07 Å². The molecule has 0 atom stereocenters. The molecule has 5 nitrogen and oxygen atoms in total. The Morgan fingerprint density at radius 1 is 1.26 bits per heavy atom. The number of hydrogen-bond acceptors (Lipinski definition) is 5. The SMILES string of the molecule is O=C(OCc1cc(=O)oc2cc(Br)ccc12)c1ccc(Cl)nc1. The summed E-state index contributed by atoms with van der Waals surface area (Å²) in [5, 5.41) is 0.994. The minimum Gasteiger partial charge on any atom is -0.457 e. The Hall–Kier alpha value is -2.18. The maximum atomic E-state index is 12.0. The van der Waals surface area contributed by atoms with Gasteiger partial charge >= 0.3 is 11.6 Å². The summed E-state index contributed by atoms with van der Waals surface area (Å²) >= 11 is 8.99. The van der Waals surface area contributed by atoms with Gasteiger partial charge in [-0.15, -0.1) is 0 Å². The van der Waals surface area contributed by atoms with Crippen LogP contribution >= 0.6 is 27.5 Å². The number of rotatable bonds is 3. The van der Waals surface area contributed by atoms with Gasteiger partial charge in [-0.1, -0.05) is 27.5 Å². The Balaban J connectivity index is 1.85. The summed E-state index contributed by atoms with van der Waals surface area (Å²) in [6, 6.07) is 9.62. The van der Waals surface area contributed by atoms with Crippen LogP contribution in [0.1, 0.15) is 15.9 Å². The van der Waals surface area contributed by atoms with Gasteiger partial charge in [-0.05, 0) is 30.3 Å². The summed E-state index contributed by atoms with van der Waals surface area (Å²) in [5.74, 6) is -0.548. The summed E-state index contributed by atoms with van der Waals surface area (Å²) in [7, 11) is 0. The van der Waals surface area contributed by atoms with E-state index in [9.17, 15) is 9.59 Å². The number of hydrogen-bond donors (Lipinski definition) is 0. The molecule has 23 heavy (non-hydrogen) atoms. The topological polar surface area (TPSA) is 69.4 Å². The second kappa shape index (κ2) is 6.52. The van der Waals surface area contributed by atoms with E-state index in [-0.39, 0.29) is 12.2 Å². The van der Waals surface area contributed by atoms with E-state index in [2.05, 4.69) is 20.9 Å². The van der Waals surface area contributed by atoms with Crippen LogP contribution in [-0.4, -0.2) is 11.0 Å². The van der Waals surface area contributed by atoms with Crippen LogP contribution in [0, 0.1) is 0 Å². The molecular formula is C16H9BrClNO4. The molecule has 7 heteroatoms. The molecular weight excluding hydrogens is 386 g/mol. The zero-order valence-corrected chi connectivity index (χ0v) is 13.9. The maximum Gasteiger partial charge on any atom is 0.340 e. The van der Waals surface area contributed by atoms with Crippen LogP contribution in [0.15, 0.2) is 56.3 Å². The third-order valence-electron chi connectivity index (χ3n) is 3.11. The van der Waals surface area contributed by atoms with Gasteiger partial charge in [0.15, 0.2) is 0 Å². The van der Waals surface area contributed by atoms with Crippen molar-refractivity contribution in [3.63, 3.8) is 0 Å². The van der Waals surface area contributed by atoms with E-state index in [0.29, 0.717) is 21.7 Å². The van der Waals surface area contributed by atoms with Crippen molar-refractivity contribution < 1.29 is 13.9 Å². The number of halogens is 2. The molecule has 116 valence electrons. The minimum atomic E-state index is -0.548. The Kier molecular flexibility index (Phi) is 4.45. The lowest BCUT2D eigenvalue weighted by Crippen LogP contribution is -2.08. The third kappa shape index (κ3) is 3.60. The third-order valence-corrected chi connectivity index (χ3v) is 3.83. The fraction of sp³-hybridized carbons (Fsp3) is 0.0625. The molecule has 0 radical (unpaired) electrons. The highest BCUT2D eigenvalue weighted by Gasteiger charge is 2.11. The first kappa shape index (κ1) is 15.7. The number of carbonyl (C=O) groups is 1. The summed E-state index contributed by atoms with van der Waals surface area (Å²) < 4.78 is 11.2. The monoisotopic (exact) mass is 393 g/mol.